The fraction of sp³-hybridized carbons (Fsp3) is 0.471. The fourth-order valence-electron chi connectivity index (χ4n) is 2.21. The number of cyclic esters (lactones) is 1. The lowest BCUT2D eigenvalue weighted by Gasteiger charge is -2.26. The van der Waals surface area contributed by atoms with Gasteiger partial charge in [0.05, 0.1) is 6.54 Å². The molecule has 2 amide bonds. The first kappa shape index (κ1) is 17.8. The van der Waals surface area contributed by atoms with Crippen molar-refractivity contribution in [1.82, 2.24) is 10.2 Å². The Morgan fingerprint density at radius 1 is 1.33 bits per heavy atom. The second-order valence-corrected chi connectivity index (χ2v) is 6.50. The molecule has 1 aromatic carbocycles. The third kappa shape index (κ3) is 5.26. The van der Waals surface area contributed by atoms with E-state index in [1.807, 2.05) is 0 Å². The van der Waals surface area contributed by atoms with Gasteiger partial charge in [0.1, 0.15) is 18.8 Å². The van der Waals surface area contributed by atoms with Gasteiger partial charge >= 0.3 is 12.1 Å². The number of ether oxygens (including phenoxy) is 2. The van der Waals surface area contributed by atoms with E-state index in [2.05, 4.69) is 5.32 Å². The van der Waals surface area contributed by atoms with Crippen LogP contribution in [0.3, 0.4) is 0 Å². The van der Waals surface area contributed by atoms with Gasteiger partial charge in [-0.2, -0.15) is 0 Å². The van der Waals surface area contributed by atoms with E-state index in [0.29, 0.717) is 12.1 Å². The van der Waals surface area contributed by atoms with Crippen molar-refractivity contribution in [3.8, 4) is 0 Å². The van der Waals surface area contributed by atoms with Crippen molar-refractivity contribution in [3.63, 3.8) is 0 Å². The molecular weight excluding hydrogens is 312 g/mol. The minimum Gasteiger partial charge on any atom is -0.462 e. The molecule has 1 saturated heterocycles. The van der Waals surface area contributed by atoms with Gasteiger partial charge in [0.25, 0.3) is 5.91 Å². The van der Waals surface area contributed by atoms with E-state index in [1.54, 1.807) is 45.0 Å². The average molecular weight is 334 g/mol. The van der Waals surface area contributed by atoms with Crippen LogP contribution in [-0.4, -0.2) is 48.2 Å². The Hall–Kier alpha value is -2.57. The first-order valence-corrected chi connectivity index (χ1v) is 7.75. The molecule has 7 heteroatoms. The van der Waals surface area contributed by atoms with Crippen LogP contribution < -0.4 is 5.32 Å². The number of carbonyl (C=O) groups excluding carboxylic acids is 3. The van der Waals surface area contributed by atoms with Crippen molar-refractivity contribution in [3.05, 3.63) is 35.4 Å². The zero-order valence-electron chi connectivity index (χ0n) is 14.1. The van der Waals surface area contributed by atoms with Crippen molar-refractivity contribution in [1.29, 1.82) is 0 Å². The smallest absolute Gasteiger partial charge is 0.407 e. The highest BCUT2D eigenvalue weighted by atomic mass is 16.6. The van der Waals surface area contributed by atoms with E-state index in [-0.39, 0.29) is 25.6 Å². The van der Waals surface area contributed by atoms with Gasteiger partial charge in [-0.3, -0.25) is 9.59 Å². The maximum absolute atomic E-state index is 12.4. The van der Waals surface area contributed by atoms with Crippen LogP contribution in [0.1, 0.15) is 36.7 Å². The molecule has 130 valence electrons. The maximum atomic E-state index is 12.4. The topological polar surface area (TPSA) is 84.9 Å². The van der Waals surface area contributed by atoms with Gasteiger partial charge in [0.2, 0.25) is 0 Å². The summed E-state index contributed by atoms with van der Waals surface area (Å²) in [5.41, 5.74) is 0.671. The quantitative estimate of drug-likeness (QED) is 0.851. The van der Waals surface area contributed by atoms with E-state index in [9.17, 15) is 14.4 Å². The number of nitrogens with one attached hydrogen (secondary N) is 1. The van der Waals surface area contributed by atoms with Crippen LogP contribution in [0.2, 0.25) is 0 Å². The van der Waals surface area contributed by atoms with E-state index in [1.165, 1.54) is 4.90 Å². The van der Waals surface area contributed by atoms with Gasteiger partial charge in [-0.1, -0.05) is 12.1 Å². The van der Waals surface area contributed by atoms with Crippen molar-refractivity contribution >= 4 is 18.0 Å². The third-order valence-corrected chi connectivity index (χ3v) is 3.24. The summed E-state index contributed by atoms with van der Waals surface area (Å²) in [6.45, 7) is 6.16. The summed E-state index contributed by atoms with van der Waals surface area (Å²) >= 11 is 0. The molecular formula is C17H22N2O5. The van der Waals surface area contributed by atoms with Gasteiger partial charge < -0.3 is 19.7 Å². The average Bonchev–Trinajstić information content (AvgIpc) is 2.51. The largest absolute Gasteiger partial charge is 0.462 e. The van der Waals surface area contributed by atoms with Crippen LogP contribution in [-0.2, 0) is 20.8 Å². The van der Waals surface area contributed by atoms with E-state index >= 15 is 0 Å². The van der Waals surface area contributed by atoms with Crippen molar-refractivity contribution in [2.24, 2.45) is 0 Å². The molecule has 0 bridgehead atoms. The Bertz CT molecular complexity index is 636. The molecule has 0 aromatic heterocycles. The number of nitrogens with zero attached hydrogens (tertiary/aromatic N) is 1. The SMILES string of the molecule is CC(C)(C)OC(=O)NCc1cccc(C(=O)N2CCOC(=O)C2)c1. The summed E-state index contributed by atoms with van der Waals surface area (Å²) < 4.78 is 10.00. The number of rotatable bonds is 3. The molecule has 1 aliphatic rings. The predicted molar refractivity (Wildman–Crippen MR) is 86.4 cm³/mol. The zero-order valence-corrected chi connectivity index (χ0v) is 14.1. The van der Waals surface area contributed by atoms with E-state index in [4.69, 9.17) is 9.47 Å². The van der Waals surface area contributed by atoms with Crippen LogP contribution in [0.4, 0.5) is 4.79 Å². The van der Waals surface area contributed by atoms with Crippen LogP contribution in [0, 0.1) is 0 Å². The molecule has 1 heterocycles. The van der Waals surface area contributed by atoms with Gasteiger partial charge in [0.15, 0.2) is 0 Å². The second-order valence-electron chi connectivity index (χ2n) is 6.50. The molecule has 2 rings (SSSR count). The molecule has 1 fully saturated rings. The molecule has 7 nitrogen and oxygen atoms in total. The molecule has 1 aliphatic heterocycles. The molecule has 0 aliphatic carbocycles. The van der Waals surface area contributed by atoms with Gasteiger partial charge in [0, 0.05) is 12.1 Å². The molecule has 0 radical (unpaired) electrons. The fourth-order valence-corrected chi connectivity index (χ4v) is 2.21. The molecule has 0 spiro atoms. The standard InChI is InChI=1S/C17H22N2O5/c1-17(2,3)24-16(22)18-10-12-5-4-6-13(9-12)15(21)19-7-8-23-14(20)11-19/h4-6,9H,7-8,10-11H2,1-3H3,(H,18,22). The molecule has 1 aromatic rings. The Labute approximate surface area is 140 Å². The number of amides is 2. The maximum Gasteiger partial charge on any atom is 0.407 e. The minimum atomic E-state index is -0.565. The zero-order chi connectivity index (χ0) is 17.7. The van der Waals surface area contributed by atoms with Crippen LogP contribution in [0.5, 0.6) is 0 Å². The molecule has 24 heavy (non-hydrogen) atoms. The Morgan fingerprint density at radius 2 is 2.08 bits per heavy atom. The van der Waals surface area contributed by atoms with Gasteiger partial charge in [-0.25, -0.2) is 4.79 Å². The molecule has 0 atom stereocenters. The third-order valence-electron chi connectivity index (χ3n) is 3.24. The van der Waals surface area contributed by atoms with E-state index in [0.717, 1.165) is 5.56 Å². The van der Waals surface area contributed by atoms with Gasteiger partial charge in [-0.15, -0.1) is 0 Å². The number of esters is 1. The number of hydrogen-bond donors (Lipinski definition) is 1. The summed E-state index contributed by atoms with van der Waals surface area (Å²) in [7, 11) is 0. The van der Waals surface area contributed by atoms with Crippen molar-refractivity contribution < 1.29 is 23.9 Å². The number of hydrogen-bond acceptors (Lipinski definition) is 5. The van der Waals surface area contributed by atoms with Gasteiger partial charge in [-0.05, 0) is 38.5 Å². The summed E-state index contributed by atoms with van der Waals surface area (Å²) in [5, 5.41) is 2.65. The highest BCUT2D eigenvalue weighted by Gasteiger charge is 2.23. The number of carbonyl (C=O) groups is 3. The number of morpholine rings is 1. The normalized spacial score (nSPS) is 14.8. The summed E-state index contributed by atoms with van der Waals surface area (Å²) in [6.07, 6.45) is -0.516. The Balaban J connectivity index is 1.97. The number of benzene rings is 1. The summed E-state index contributed by atoms with van der Waals surface area (Å²) in [5.74, 6) is -0.636. The molecule has 1 N–H and O–H groups in total. The predicted octanol–water partition coefficient (Wildman–Crippen LogP) is 1.71. The monoisotopic (exact) mass is 334 g/mol. The lowest BCUT2D eigenvalue weighted by molar-refractivity contribution is -0.149. The first-order valence-electron chi connectivity index (χ1n) is 7.75. The second kappa shape index (κ2) is 7.33. The van der Waals surface area contributed by atoms with Crippen LogP contribution in [0.15, 0.2) is 24.3 Å². The van der Waals surface area contributed by atoms with Crippen molar-refractivity contribution in [2.45, 2.75) is 32.9 Å². The Morgan fingerprint density at radius 3 is 2.75 bits per heavy atom. The Kier molecular flexibility index (Phi) is 5.43. The summed E-state index contributed by atoms with van der Waals surface area (Å²) in [6, 6.07) is 6.92. The summed E-state index contributed by atoms with van der Waals surface area (Å²) in [4.78, 5) is 36.8. The van der Waals surface area contributed by atoms with Crippen LogP contribution in [0.25, 0.3) is 0 Å². The number of alkyl carbamates (subject to hydrolysis) is 1. The minimum absolute atomic E-state index is 0.0424. The molecule has 0 saturated carbocycles. The first-order chi connectivity index (χ1) is 11.2. The lowest BCUT2D eigenvalue weighted by Crippen LogP contribution is -2.43. The highest BCUT2D eigenvalue weighted by Crippen LogP contribution is 2.11. The van der Waals surface area contributed by atoms with Crippen molar-refractivity contribution in [2.75, 3.05) is 19.7 Å². The van der Waals surface area contributed by atoms with E-state index < -0.39 is 17.7 Å². The lowest BCUT2D eigenvalue weighted by atomic mass is 10.1. The highest BCUT2D eigenvalue weighted by molar-refractivity contribution is 5.96. The van der Waals surface area contributed by atoms with Crippen LogP contribution >= 0.6 is 0 Å². The molecule has 0 unspecified atom stereocenters.